The van der Waals surface area contributed by atoms with Gasteiger partial charge in [0, 0.05) is 16.5 Å². The molecule has 0 bridgehead atoms. The molecule has 1 atom stereocenters. The molecular formula is C17H18BrNO. The van der Waals surface area contributed by atoms with E-state index in [4.69, 9.17) is 4.74 Å². The van der Waals surface area contributed by atoms with E-state index in [1.54, 1.807) is 0 Å². The van der Waals surface area contributed by atoms with Crippen molar-refractivity contribution in [3.05, 3.63) is 63.1 Å². The summed E-state index contributed by atoms with van der Waals surface area (Å²) in [7, 11) is 1.99. The van der Waals surface area contributed by atoms with E-state index in [9.17, 15) is 0 Å². The Kier molecular flexibility index (Phi) is 3.81. The topological polar surface area (TPSA) is 21.3 Å². The van der Waals surface area contributed by atoms with Gasteiger partial charge in [0.15, 0.2) is 0 Å². The molecule has 0 aromatic heterocycles. The zero-order valence-electron chi connectivity index (χ0n) is 11.7. The van der Waals surface area contributed by atoms with Gasteiger partial charge in [-0.25, -0.2) is 0 Å². The number of hydrogen-bond donors (Lipinski definition) is 1. The molecule has 2 nitrogen and oxygen atoms in total. The van der Waals surface area contributed by atoms with E-state index in [0.29, 0.717) is 0 Å². The van der Waals surface area contributed by atoms with Crippen LogP contribution in [0.2, 0.25) is 0 Å². The first-order valence-electron chi connectivity index (χ1n) is 6.88. The van der Waals surface area contributed by atoms with Gasteiger partial charge in [-0.05, 0) is 37.2 Å². The van der Waals surface area contributed by atoms with Crippen molar-refractivity contribution < 1.29 is 4.74 Å². The first-order valence-corrected chi connectivity index (χ1v) is 7.67. The lowest BCUT2D eigenvalue weighted by molar-refractivity contribution is 0.351. The maximum atomic E-state index is 5.85. The first-order chi connectivity index (χ1) is 9.69. The van der Waals surface area contributed by atoms with Crippen LogP contribution >= 0.6 is 15.9 Å². The summed E-state index contributed by atoms with van der Waals surface area (Å²) < 4.78 is 6.97. The summed E-state index contributed by atoms with van der Waals surface area (Å²) in [5.74, 6) is 1.05. The summed E-state index contributed by atoms with van der Waals surface area (Å²) in [6.07, 6.45) is 0.992. The Hall–Kier alpha value is -1.32. The minimum Gasteiger partial charge on any atom is -0.493 e. The highest BCUT2D eigenvalue weighted by molar-refractivity contribution is 9.10. The molecule has 0 saturated heterocycles. The fourth-order valence-corrected chi connectivity index (χ4v) is 3.30. The van der Waals surface area contributed by atoms with E-state index >= 15 is 0 Å². The SMILES string of the molecule is CNC(c1ccc(C)cc1)c1cc(Br)cc2c1OCC2. The van der Waals surface area contributed by atoms with Crippen LogP contribution in [0.25, 0.3) is 0 Å². The monoisotopic (exact) mass is 331 g/mol. The van der Waals surface area contributed by atoms with Crippen molar-refractivity contribution in [3.63, 3.8) is 0 Å². The Morgan fingerprint density at radius 2 is 1.95 bits per heavy atom. The molecule has 2 aromatic rings. The molecule has 1 N–H and O–H groups in total. The zero-order valence-corrected chi connectivity index (χ0v) is 13.3. The molecule has 0 spiro atoms. The number of aryl methyl sites for hydroxylation is 1. The van der Waals surface area contributed by atoms with Crippen LogP contribution in [0.4, 0.5) is 0 Å². The highest BCUT2D eigenvalue weighted by atomic mass is 79.9. The number of halogens is 1. The predicted molar refractivity (Wildman–Crippen MR) is 85.4 cm³/mol. The smallest absolute Gasteiger partial charge is 0.127 e. The minimum atomic E-state index is 0.153. The molecule has 2 aromatic carbocycles. The van der Waals surface area contributed by atoms with Gasteiger partial charge in [0.1, 0.15) is 5.75 Å². The van der Waals surface area contributed by atoms with Gasteiger partial charge >= 0.3 is 0 Å². The number of hydrogen-bond acceptors (Lipinski definition) is 2. The summed E-state index contributed by atoms with van der Waals surface area (Å²) >= 11 is 3.61. The summed E-state index contributed by atoms with van der Waals surface area (Å²) in [5.41, 5.74) is 5.04. The minimum absolute atomic E-state index is 0.153. The Balaban J connectivity index is 2.08. The van der Waals surface area contributed by atoms with Crippen LogP contribution in [0, 0.1) is 6.92 Å². The molecule has 1 heterocycles. The van der Waals surface area contributed by atoms with Crippen molar-refractivity contribution in [3.8, 4) is 5.75 Å². The standard InChI is InChI=1S/C17H18BrNO/c1-11-3-5-12(6-4-11)16(19-2)15-10-14(18)9-13-7-8-20-17(13)15/h3-6,9-10,16,19H,7-8H2,1-2H3. The van der Waals surface area contributed by atoms with Crippen LogP contribution in [0.1, 0.15) is 28.3 Å². The summed E-state index contributed by atoms with van der Waals surface area (Å²) in [6.45, 7) is 2.89. The van der Waals surface area contributed by atoms with Gasteiger partial charge in [0.25, 0.3) is 0 Å². The molecule has 104 valence electrons. The average molecular weight is 332 g/mol. The van der Waals surface area contributed by atoms with Crippen LogP contribution in [0.3, 0.4) is 0 Å². The van der Waals surface area contributed by atoms with E-state index in [2.05, 4.69) is 64.6 Å². The molecular weight excluding hydrogens is 314 g/mol. The molecule has 0 aliphatic carbocycles. The van der Waals surface area contributed by atoms with Crippen molar-refractivity contribution >= 4 is 15.9 Å². The molecule has 1 aliphatic heterocycles. The van der Waals surface area contributed by atoms with Gasteiger partial charge in [-0.3, -0.25) is 0 Å². The number of benzene rings is 2. The third kappa shape index (κ3) is 2.48. The summed E-state index contributed by atoms with van der Waals surface area (Å²) in [5, 5.41) is 3.41. The number of nitrogens with one attached hydrogen (secondary N) is 1. The number of rotatable bonds is 3. The summed E-state index contributed by atoms with van der Waals surface area (Å²) in [6, 6.07) is 13.1. The number of fused-ring (bicyclic) bond motifs is 1. The van der Waals surface area contributed by atoms with E-state index in [1.807, 2.05) is 7.05 Å². The molecule has 0 amide bonds. The fraction of sp³-hybridized carbons (Fsp3) is 0.294. The lowest BCUT2D eigenvalue weighted by Crippen LogP contribution is -2.18. The second-order valence-corrected chi connectivity index (χ2v) is 6.13. The molecule has 1 unspecified atom stereocenters. The van der Waals surface area contributed by atoms with Gasteiger partial charge < -0.3 is 10.1 Å². The van der Waals surface area contributed by atoms with Crippen LogP contribution in [-0.4, -0.2) is 13.7 Å². The van der Waals surface area contributed by atoms with E-state index < -0.39 is 0 Å². The van der Waals surface area contributed by atoms with Gasteiger partial charge in [-0.2, -0.15) is 0 Å². The Labute approximate surface area is 128 Å². The fourth-order valence-electron chi connectivity index (χ4n) is 2.77. The second-order valence-electron chi connectivity index (χ2n) is 5.21. The second kappa shape index (κ2) is 5.58. The van der Waals surface area contributed by atoms with Crippen LogP contribution in [-0.2, 0) is 6.42 Å². The maximum absolute atomic E-state index is 5.85. The van der Waals surface area contributed by atoms with Gasteiger partial charge in [-0.1, -0.05) is 45.8 Å². The Morgan fingerprint density at radius 3 is 2.65 bits per heavy atom. The van der Waals surface area contributed by atoms with Crippen molar-refractivity contribution in [2.24, 2.45) is 0 Å². The molecule has 0 fully saturated rings. The van der Waals surface area contributed by atoms with Crippen molar-refractivity contribution in [2.75, 3.05) is 13.7 Å². The highest BCUT2D eigenvalue weighted by Crippen LogP contribution is 2.38. The molecule has 3 heteroatoms. The maximum Gasteiger partial charge on any atom is 0.127 e. The van der Waals surface area contributed by atoms with Crippen LogP contribution in [0.5, 0.6) is 5.75 Å². The third-order valence-corrected chi connectivity index (χ3v) is 4.25. The van der Waals surface area contributed by atoms with Crippen molar-refractivity contribution in [1.82, 2.24) is 5.32 Å². The molecule has 0 saturated carbocycles. The molecule has 20 heavy (non-hydrogen) atoms. The Bertz CT molecular complexity index is 622. The third-order valence-electron chi connectivity index (χ3n) is 3.79. The van der Waals surface area contributed by atoms with Gasteiger partial charge in [0.2, 0.25) is 0 Å². The largest absolute Gasteiger partial charge is 0.493 e. The van der Waals surface area contributed by atoms with Gasteiger partial charge in [0.05, 0.1) is 12.6 Å². The van der Waals surface area contributed by atoms with Gasteiger partial charge in [-0.15, -0.1) is 0 Å². The lowest BCUT2D eigenvalue weighted by Gasteiger charge is -2.20. The summed E-state index contributed by atoms with van der Waals surface area (Å²) in [4.78, 5) is 0. The first kappa shape index (κ1) is 13.7. The Morgan fingerprint density at radius 1 is 1.20 bits per heavy atom. The molecule has 0 radical (unpaired) electrons. The molecule has 3 rings (SSSR count). The predicted octanol–water partition coefficient (Wildman–Crippen LogP) is 4.00. The lowest BCUT2D eigenvalue weighted by atomic mass is 9.95. The molecule has 1 aliphatic rings. The quantitative estimate of drug-likeness (QED) is 0.917. The van der Waals surface area contributed by atoms with E-state index in [1.165, 1.54) is 22.3 Å². The highest BCUT2D eigenvalue weighted by Gasteiger charge is 2.23. The van der Waals surface area contributed by atoms with Crippen LogP contribution in [0.15, 0.2) is 40.9 Å². The zero-order chi connectivity index (χ0) is 14.1. The van der Waals surface area contributed by atoms with E-state index in [0.717, 1.165) is 23.2 Å². The van der Waals surface area contributed by atoms with E-state index in [-0.39, 0.29) is 6.04 Å². The average Bonchev–Trinajstić information content (AvgIpc) is 2.89. The van der Waals surface area contributed by atoms with Crippen molar-refractivity contribution in [1.29, 1.82) is 0 Å². The normalized spacial score (nSPS) is 14.8. The number of ether oxygens (including phenoxy) is 1. The van der Waals surface area contributed by atoms with Crippen molar-refractivity contribution in [2.45, 2.75) is 19.4 Å². The van der Waals surface area contributed by atoms with Crippen LogP contribution < -0.4 is 10.1 Å².